The van der Waals surface area contributed by atoms with Crippen LogP contribution >= 0.6 is 15.9 Å². The minimum Gasteiger partial charge on any atom is -0.367 e. The van der Waals surface area contributed by atoms with Gasteiger partial charge in [-0.3, -0.25) is 0 Å². The van der Waals surface area contributed by atoms with Crippen LogP contribution in [0.15, 0.2) is 16.6 Å². The number of aryl methyl sites for hydroxylation is 1. The first-order chi connectivity index (χ1) is 7.16. The van der Waals surface area contributed by atoms with Crippen molar-refractivity contribution >= 4 is 21.7 Å². The molecule has 15 heavy (non-hydrogen) atoms. The second kappa shape index (κ2) is 4.52. The lowest BCUT2D eigenvalue weighted by Crippen LogP contribution is -2.31. The average molecular weight is 269 g/mol. The molecule has 1 aliphatic carbocycles. The van der Waals surface area contributed by atoms with Gasteiger partial charge < -0.3 is 5.32 Å². The summed E-state index contributed by atoms with van der Waals surface area (Å²) in [7, 11) is 0. The lowest BCUT2D eigenvalue weighted by molar-refractivity contribution is 0.285. The second-order valence-corrected chi connectivity index (χ2v) is 5.24. The van der Waals surface area contributed by atoms with Gasteiger partial charge in [0.25, 0.3) is 0 Å². The highest BCUT2D eigenvalue weighted by Gasteiger charge is 2.23. The van der Waals surface area contributed by atoms with Crippen LogP contribution in [0, 0.1) is 12.8 Å². The summed E-state index contributed by atoms with van der Waals surface area (Å²) in [5.74, 6) is 1.84. The maximum Gasteiger partial charge on any atom is 0.126 e. The Morgan fingerprint density at radius 2 is 2.20 bits per heavy atom. The van der Waals surface area contributed by atoms with Gasteiger partial charge in [0.05, 0.1) is 5.69 Å². The molecule has 0 bridgehead atoms. The fraction of sp³-hybridized carbons (Fsp3) is 0.583. The van der Waals surface area contributed by atoms with Gasteiger partial charge in [0.2, 0.25) is 0 Å². The van der Waals surface area contributed by atoms with E-state index in [1.54, 1.807) is 0 Å². The van der Waals surface area contributed by atoms with Crippen LogP contribution in [-0.2, 0) is 0 Å². The lowest BCUT2D eigenvalue weighted by Gasteiger charge is -2.32. The van der Waals surface area contributed by atoms with E-state index in [9.17, 15) is 0 Å². The second-order valence-electron chi connectivity index (χ2n) is 4.39. The zero-order valence-electron chi connectivity index (χ0n) is 9.26. The van der Waals surface area contributed by atoms with Gasteiger partial charge in [-0.1, -0.05) is 6.42 Å². The van der Waals surface area contributed by atoms with E-state index < -0.39 is 0 Å². The highest BCUT2D eigenvalue weighted by molar-refractivity contribution is 9.10. The van der Waals surface area contributed by atoms with Gasteiger partial charge in [-0.15, -0.1) is 0 Å². The third-order valence-corrected chi connectivity index (χ3v) is 4.09. The van der Waals surface area contributed by atoms with Gasteiger partial charge in [-0.05, 0) is 60.7 Å². The van der Waals surface area contributed by atoms with Crippen LogP contribution in [-0.4, -0.2) is 11.0 Å². The number of pyridine rings is 1. The highest BCUT2D eigenvalue weighted by atomic mass is 79.9. The van der Waals surface area contributed by atoms with E-state index in [4.69, 9.17) is 0 Å². The Labute approximate surface area is 99.6 Å². The fourth-order valence-electron chi connectivity index (χ4n) is 1.92. The smallest absolute Gasteiger partial charge is 0.126 e. The molecule has 0 radical (unpaired) electrons. The maximum atomic E-state index is 4.50. The van der Waals surface area contributed by atoms with Crippen LogP contribution in [0.5, 0.6) is 0 Å². The number of hydrogen-bond donors (Lipinski definition) is 1. The SMILES string of the molecule is Cc1nc(NC(C)C2CCC2)ccc1Br. The molecule has 1 aliphatic rings. The van der Waals surface area contributed by atoms with Crippen molar-refractivity contribution in [2.24, 2.45) is 5.92 Å². The number of rotatable bonds is 3. The molecule has 1 saturated carbocycles. The summed E-state index contributed by atoms with van der Waals surface area (Å²) in [5, 5.41) is 3.48. The number of nitrogens with one attached hydrogen (secondary N) is 1. The van der Waals surface area contributed by atoms with Crippen molar-refractivity contribution in [3.8, 4) is 0 Å². The van der Waals surface area contributed by atoms with Gasteiger partial charge >= 0.3 is 0 Å². The quantitative estimate of drug-likeness (QED) is 0.903. The highest BCUT2D eigenvalue weighted by Crippen LogP contribution is 2.30. The van der Waals surface area contributed by atoms with Crippen molar-refractivity contribution in [2.75, 3.05) is 5.32 Å². The molecule has 0 aromatic carbocycles. The van der Waals surface area contributed by atoms with Crippen LogP contribution in [0.2, 0.25) is 0 Å². The lowest BCUT2D eigenvalue weighted by atomic mass is 9.80. The van der Waals surface area contributed by atoms with Gasteiger partial charge in [0, 0.05) is 10.5 Å². The zero-order chi connectivity index (χ0) is 10.8. The number of halogens is 1. The van der Waals surface area contributed by atoms with E-state index in [0.29, 0.717) is 6.04 Å². The van der Waals surface area contributed by atoms with Gasteiger partial charge in [-0.25, -0.2) is 4.98 Å². The zero-order valence-corrected chi connectivity index (χ0v) is 10.8. The molecule has 1 heterocycles. The van der Waals surface area contributed by atoms with Crippen LogP contribution < -0.4 is 5.32 Å². The Kier molecular flexibility index (Phi) is 3.29. The summed E-state index contributed by atoms with van der Waals surface area (Å²) in [6.45, 7) is 4.27. The molecule has 0 spiro atoms. The van der Waals surface area contributed by atoms with Crippen molar-refractivity contribution in [3.05, 3.63) is 22.3 Å². The van der Waals surface area contributed by atoms with Crippen molar-refractivity contribution < 1.29 is 0 Å². The van der Waals surface area contributed by atoms with Gasteiger partial charge in [0.15, 0.2) is 0 Å². The maximum absolute atomic E-state index is 4.50. The van der Waals surface area contributed by atoms with Gasteiger partial charge in [0.1, 0.15) is 5.82 Å². The van der Waals surface area contributed by atoms with Crippen LogP contribution in [0.4, 0.5) is 5.82 Å². The van der Waals surface area contributed by atoms with E-state index in [1.165, 1.54) is 19.3 Å². The van der Waals surface area contributed by atoms with Crippen LogP contribution in [0.3, 0.4) is 0 Å². The number of hydrogen-bond acceptors (Lipinski definition) is 2. The van der Waals surface area contributed by atoms with Crippen LogP contribution in [0.25, 0.3) is 0 Å². The number of anilines is 1. The molecule has 0 saturated heterocycles. The molecular weight excluding hydrogens is 252 g/mol. The van der Waals surface area contributed by atoms with Crippen molar-refractivity contribution in [2.45, 2.75) is 39.2 Å². The average Bonchev–Trinajstić information content (AvgIpc) is 2.08. The van der Waals surface area contributed by atoms with Gasteiger partial charge in [-0.2, -0.15) is 0 Å². The molecule has 1 aromatic heterocycles. The molecule has 82 valence electrons. The predicted molar refractivity (Wildman–Crippen MR) is 67.1 cm³/mol. The molecular formula is C12H17BrN2. The standard InChI is InChI=1S/C12H17BrN2/c1-8(10-4-3-5-10)14-12-7-6-11(13)9(2)15-12/h6-8,10H,3-5H2,1-2H3,(H,14,15). The first-order valence-corrected chi connectivity index (χ1v) is 6.36. The third kappa shape index (κ3) is 2.51. The van der Waals surface area contributed by atoms with E-state index in [2.05, 4.69) is 39.2 Å². The summed E-state index contributed by atoms with van der Waals surface area (Å²) in [6.07, 6.45) is 4.12. The molecule has 1 fully saturated rings. The molecule has 2 nitrogen and oxygen atoms in total. The molecule has 0 aliphatic heterocycles. The van der Waals surface area contributed by atoms with Crippen molar-refractivity contribution in [1.82, 2.24) is 4.98 Å². The Balaban J connectivity index is 2.00. The first kappa shape index (κ1) is 10.9. The number of nitrogens with zero attached hydrogens (tertiary/aromatic N) is 1. The van der Waals surface area contributed by atoms with E-state index in [-0.39, 0.29) is 0 Å². The Morgan fingerprint density at radius 3 is 2.73 bits per heavy atom. The molecule has 1 atom stereocenters. The molecule has 3 heteroatoms. The fourth-order valence-corrected chi connectivity index (χ4v) is 2.14. The number of aromatic nitrogens is 1. The molecule has 0 amide bonds. The molecule has 1 N–H and O–H groups in total. The largest absolute Gasteiger partial charge is 0.367 e. The summed E-state index contributed by atoms with van der Waals surface area (Å²) >= 11 is 3.46. The molecule has 1 unspecified atom stereocenters. The van der Waals surface area contributed by atoms with Crippen molar-refractivity contribution in [3.63, 3.8) is 0 Å². The predicted octanol–water partition coefficient (Wildman–Crippen LogP) is 3.75. The summed E-state index contributed by atoms with van der Waals surface area (Å²) in [4.78, 5) is 4.50. The van der Waals surface area contributed by atoms with E-state index >= 15 is 0 Å². The summed E-state index contributed by atoms with van der Waals surface area (Å²) in [5.41, 5.74) is 1.04. The van der Waals surface area contributed by atoms with Crippen LogP contribution in [0.1, 0.15) is 31.9 Å². The summed E-state index contributed by atoms with van der Waals surface area (Å²) < 4.78 is 1.07. The topological polar surface area (TPSA) is 24.9 Å². The minimum absolute atomic E-state index is 0.548. The Bertz CT molecular complexity index is 347. The minimum atomic E-state index is 0.548. The van der Waals surface area contributed by atoms with Crippen molar-refractivity contribution in [1.29, 1.82) is 0 Å². The monoisotopic (exact) mass is 268 g/mol. The van der Waals surface area contributed by atoms with E-state index in [1.807, 2.05) is 13.0 Å². The normalized spacial score (nSPS) is 18.3. The summed E-state index contributed by atoms with van der Waals surface area (Å²) in [6, 6.07) is 4.64. The Morgan fingerprint density at radius 1 is 1.47 bits per heavy atom. The molecule has 1 aromatic rings. The van der Waals surface area contributed by atoms with E-state index in [0.717, 1.165) is 21.9 Å². The molecule has 2 rings (SSSR count). The Hall–Kier alpha value is -0.570. The third-order valence-electron chi connectivity index (χ3n) is 3.25. The first-order valence-electron chi connectivity index (χ1n) is 5.56.